The molecule has 0 aliphatic carbocycles. The predicted octanol–water partition coefficient (Wildman–Crippen LogP) is 6.40. The van der Waals surface area contributed by atoms with Crippen LogP contribution in [0.15, 0.2) is 83.4 Å². The van der Waals surface area contributed by atoms with E-state index in [4.69, 9.17) is 18.0 Å². The summed E-state index contributed by atoms with van der Waals surface area (Å²) in [5.74, 6) is 7.71. The first-order valence-electron chi connectivity index (χ1n) is 9.83. The zero-order valence-electron chi connectivity index (χ0n) is 18.7. The Kier molecular flexibility index (Phi) is 12.3. The molecule has 176 valence electrons. The standard InChI is InChI=1S/C13H9FN2S.C8H5F.C5H5ClN2S/c1-17-13-15-9-8-12(16-13)7-4-10-2-5-11(14)6-3-10;1-2-7-3-5-8(9)6-4-7;1-9-5-7-3-2-4(6)8-5/h2-3,5-6,8-9H,1H3;1,3-6H;2-3H,1H3. The van der Waals surface area contributed by atoms with Crippen LogP contribution >= 0.6 is 35.1 Å². The molecule has 0 amide bonds. The lowest BCUT2D eigenvalue weighted by molar-refractivity contribution is 0.627. The number of hydrogen-bond acceptors (Lipinski definition) is 6. The first-order chi connectivity index (χ1) is 16.9. The minimum Gasteiger partial charge on any atom is -0.231 e. The van der Waals surface area contributed by atoms with Gasteiger partial charge in [0.05, 0.1) is 0 Å². The van der Waals surface area contributed by atoms with Crippen molar-refractivity contribution in [3.8, 4) is 24.2 Å². The molecule has 4 rings (SSSR count). The molecule has 0 aliphatic heterocycles. The number of terminal acetylenes is 1. The summed E-state index contributed by atoms with van der Waals surface area (Å²) in [6.07, 6.45) is 12.2. The highest BCUT2D eigenvalue weighted by molar-refractivity contribution is 7.98. The molecule has 0 saturated heterocycles. The van der Waals surface area contributed by atoms with E-state index in [0.29, 0.717) is 26.7 Å². The molecule has 0 fully saturated rings. The quantitative estimate of drug-likeness (QED) is 0.131. The van der Waals surface area contributed by atoms with Crippen LogP contribution in [0.2, 0.25) is 5.15 Å². The molecule has 0 aliphatic rings. The van der Waals surface area contributed by atoms with Gasteiger partial charge in [-0.3, -0.25) is 0 Å². The van der Waals surface area contributed by atoms with Crippen LogP contribution < -0.4 is 0 Å². The largest absolute Gasteiger partial charge is 0.231 e. The van der Waals surface area contributed by atoms with Crippen molar-refractivity contribution in [2.75, 3.05) is 12.5 Å². The van der Waals surface area contributed by atoms with E-state index in [-0.39, 0.29) is 11.6 Å². The second-order valence-electron chi connectivity index (χ2n) is 6.20. The fourth-order valence-electron chi connectivity index (χ4n) is 2.14. The molecule has 0 saturated carbocycles. The summed E-state index contributed by atoms with van der Waals surface area (Å²) in [5, 5.41) is 1.90. The zero-order chi connectivity index (χ0) is 25.5. The number of hydrogen-bond donors (Lipinski definition) is 0. The predicted molar refractivity (Wildman–Crippen MR) is 139 cm³/mol. The minimum absolute atomic E-state index is 0.256. The molecule has 2 aromatic heterocycles. The molecule has 0 radical (unpaired) electrons. The van der Waals surface area contributed by atoms with Crippen LogP contribution in [0.25, 0.3) is 0 Å². The van der Waals surface area contributed by atoms with Gasteiger partial charge in [0.25, 0.3) is 0 Å². The SMILES string of the molecule is C#Cc1ccc(F)cc1.CSc1nccc(C#Cc2ccc(F)cc2)n1.CSc1nccc(Cl)n1. The van der Waals surface area contributed by atoms with Crippen LogP contribution in [-0.4, -0.2) is 32.4 Å². The smallest absolute Gasteiger partial charge is 0.188 e. The first-order valence-corrected chi connectivity index (χ1v) is 12.7. The molecular formula is C26H19ClF2N4S2. The Bertz CT molecular complexity index is 1320. The fraction of sp³-hybridized carbons (Fsp3) is 0.0769. The van der Waals surface area contributed by atoms with Crippen molar-refractivity contribution < 1.29 is 8.78 Å². The lowest BCUT2D eigenvalue weighted by Crippen LogP contribution is -1.88. The Morgan fingerprint density at radius 2 is 1.23 bits per heavy atom. The molecule has 4 aromatic rings. The number of benzene rings is 2. The number of nitrogens with zero attached hydrogens (tertiary/aromatic N) is 4. The third-order valence-corrected chi connectivity index (χ3v) is 5.12. The first kappa shape index (κ1) is 27.8. The van der Waals surface area contributed by atoms with E-state index in [0.717, 1.165) is 5.56 Å². The van der Waals surface area contributed by atoms with Crippen LogP contribution in [0.5, 0.6) is 0 Å². The third kappa shape index (κ3) is 11.0. The zero-order valence-corrected chi connectivity index (χ0v) is 21.1. The summed E-state index contributed by atoms with van der Waals surface area (Å²) in [5.41, 5.74) is 2.13. The van der Waals surface area contributed by atoms with Gasteiger partial charge in [-0.05, 0) is 79.1 Å². The highest BCUT2D eigenvalue weighted by atomic mass is 35.5. The Morgan fingerprint density at radius 1 is 0.714 bits per heavy atom. The lowest BCUT2D eigenvalue weighted by Gasteiger charge is -1.93. The summed E-state index contributed by atoms with van der Waals surface area (Å²) in [6, 6.07) is 15.3. The van der Waals surface area contributed by atoms with Gasteiger partial charge in [-0.1, -0.05) is 47.0 Å². The average molecular weight is 525 g/mol. The molecule has 35 heavy (non-hydrogen) atoms. The summed E-state index contributed by atoms with van der Waals surface area (Å²) in [6.45, 7) is 0. The molecule has 4 nitrogen and oxygen atoms in total. The van der Waals surface area contributed by atoms with Gasteiger partial charge in [-0.25, -0.2) is 28.7 Å². The Morgan fingerprint density at radius 3 is 1.71 bits per heavy atom. The molecule has 0 bridgehead atoms. The van der Waals surface area contributed by atoms with Gasteiger partial charge in [0, 0.05) is 23.5 Å². The van der Waals surface area contributed by atoms with Crippen molar-refractivity contribution in [1.82, 2.24) is 19.9 Å². The monoisotopic (exact) mass is 524 g/mol. The number of halogens is 3. The summed E-state index contributed by atoms with van der Waals surface area (Å²) < 4.78 is 24.8. The van der Waals surface area contributed by atoms with E-state index in [1.54, 1.807) is 48.8 Å². The number of aromatic nitrogens is 4. The van der Waals surface area contributed by atoms with E-state index < -0.39 is 0 Å². The van der Waals surface area contributed by atoms with E-state index in [2.05, 4.69) is 37.7 Å². The molecule has 0 N–H and O–H groups in total. The number of thioether (sulfide) groups is 2. The van der Waals surface area contributed by atoms with Crippen molar-refractivity contribution in [3.05, 3.63) is 107 Å². The summed E-state index contributed by atoms with van der Waals surface area (Å²) in [7, 11) is 0. The Labute approximate surface area is 217 Å². The highest BCUT2D eigenvalue weighted by Crippen LogP contribution is 2.10. The van der Waals surface area contributed by atoms with E-state index in [1.165, 1.54) is 47.8 Å². The Hall–Kier alpha value is -3.43. The van der Waals surface area contributed by atoms with Crippen molar-refractivity contribution in [2.45, 2.75) is 10.3 Å². The number of rotatable bonds is 2. The van der Waals surface area contributed by atoms with Gasteiger partial charge >= 0.3 is 0 Å². The van der Waals surface area contributed by atoms with Gasteiger partial charge in [0.2, 0.25) is 0 Å². The Balaban J connectivity index is 0.000000203. The second kappa shape index (κ2) is 15.5. The minimum atomic E-state index is -0.262. The van der Waals surface area contributed by atoms with Crippen LogP contribution in [0.3, 0.4) is 0 Å². The van der Waals surface area contributed by atoms with Gasteiger partial charge in [-0.15, -0.1) is 6.42 Å². The lowest BCUT2D eigenvalue weighted by atomic mass is 10.2. The maximum Gasteiger partial charge on any atom is 0.188 e. The van der Waals surface area contributed by atoms with E-state index in [9.17, 15) is 8.78 Å². The molecule has 9 heteroatoms. The van der Waals surface area contributed by atoms with Crippen LogP contribution in [0.4, 0.5) is 8.78 Å². The molecular weight excluding hydrogens is 506 g/mol. The average Bonchev–Trinajstić information content (AvgIpc) is 2.89. The van der Waals surface area contributed by atoms with Gasteiger partial charge in [0.15, 0.2) is 10.3 Å². The fourth-order valence-corrected chi connectivity index (χ4v) is 3.04. The maximum absolute atomic E-state index is 12.7. The second-order valence-corrected chi connectivity index (χ2v) is 8.14. The van der Waals surface area contributed by atoms with Crippen molar-refractivity contribution in [3.63, 3.8) is 0 Å². The van der Waals surface area contributed by atoms with E-state index >= 15 is 0 Å². The summed E-state index contributed by atoms with van der Waals surface area (Å²) >= 11 is 8.50. The van der Waals surface area contributed by atoms with Crippen LogP contribution in [0.1, 0.15) is 16.8 Å². The van der Waals surface area contributed by atoms with Gasteiger partial charge in [-0.2, -0.15) is 0 Å². The topological polar surface area (TPSA) is 51.6 Å². The molecule has 0 spiro atoms. The molecule has 2 aromatic carbocycles. The third-order valence-electron chi connectivity index (χ3n) is 3.79. The van der Waals surface area contributed by atoms with Gasteiger partial charge in [0.1, 0.15) is 22.5 Å². The maximum atomic E-state index is 12.7. The van der Waals surface area contributed by atoms with Gasteiger partial charge < -0.3 is 0 Å². The summed E-state index contributed by atoms with van der Waals surface area (Å²) in [4.78, 5) is 16.1. The van der Waals surface area contributed by atoms with Crippen molar-refractivity contribution in [2.24, 2.45) is 0 Å². The van der Waals surface area contributed by atoms with Crippen LogP contribution in [0, 0.1) is 35.8 Å². The molecule has 2 heterocycles. The normalized spacial score (nSPS) is 9.26. The van der Waals surface area contributed by atoms with Crippen LogP contribution in [-0.2, 0) is 0 Å². The molecule has 0 atom stereocenters. The van der Waals surface area contributed by atoms with Crippen molar-refractivity contribution in [1.29, 1.82) is 0 Å². The van der Waals surface area contributed by atoms with E-state index in [1.807, 2.05) is 12.5 Å². The van der Waals surface area contributed by atoms with Crippen molar-refractivity contribution >= 4 is 35.1 Å². The molecule has 0 unspecified atom stereocenters. The highest BCUT2D eigenvalue weighted by Gasteiger charge is 1.94.